The molecule has 0 atom stereocenters. The minimum atomic E-state index is 0.546. The van der Waals surface area contributed by atoms with Gasteiger partial charge in [-0.15, -0.1) is 0 Å². The molecule has 0 amide bonds. The predicted octanol–water partition coefficient (Wildman–Crippen LogP) is 7.26. The van der Waals surface area contributed by atoms with Gasteiger partial charge in [0.1, 0.15) is 5.84 Å². The van der Waals surface area contributed by atoms with E-state index in [1.807, 2.05) is 48.5 Å². The van der Waals surface area contributed by atoms with Crippen LogP contribution in [0.15, 0.2) is 107 Å². The SMILES string of the molecule is COc1cc(C(=Nc2ccc(Br)cc2)N(Cc2ccccc2)Cc2ccccc2)cc(OC)c1OC. The highest BCUT2D eigenvalue weighted by Crippen LogP contribution is 2.39. The Balaban J connectivity index is 1.89. The van der Waals surface area contributed by atoms with Gasteiger partial charge in [0.15, 0.2) is 11.5 Å². The molecule has 0 saturated heterocycles. The van der Waals surface area contributed by atoms with Gasteiger partial charge in [0.2, 0.25) is 5.75 Å². The van der Waals surface area contributed by atoms with E-state index in [4.69, 9.17) is 19.2 Å². The second kappa shape index (κ2) is 12.3. The number of benzene rings is 4. The molecule has 5 nitrogen and oxygen atoms in total. The Labute approximate surface area is 221 Å². The summed E-state index contributed by atoms with van der Waals surface area (Å²) >= 11 is 3.52. The Morgan fingerprint density at radius 3 is 1.64 bits per heavy atom. The lowest BCUT2D eigenvalue weighted by Gasteiger charge is -2.28. The summed E-state index contributed by atoms with van der Waals surface area (Å²) in [5, 5.41) is 0. The van der Waals surface area contributed by atoms with Gasteiger partial charge in [-0.2, -0.15) is 0 Å². The standard InChI is InChI=1S/C30H29BrN2O3/c1-34-27-18-24(19-28(35-2)29(27)36-3)30(32-26-16-14-25(31)15-17-26)33(20-22-10-6-4-7-11-22)21-23-12-8-5-9-13-23/h4-19H,20-21H2,1-3H3. The molecule has 0 N–H and O–H groups in total. The summed E-state index contributed by atoms with van der Waals surface area (Å²) in [6.07, 6.45) is 0. The molecular formula is C30H29BrN2O3. The molecule has 4 aromatic carbocycles. The molecule has 184 valence electrons. The first-order valence-electron chi connectivity index (χ1n) is 11.6. The molecule has 0 aliphatic heterocycles. The zero-order chi connectivity index (χ0) is 25.3. The van der Waals surface area contributed by atoms with Crippen molar-refractivity contribution >= 4 is 27.5 Å². The van der Waals surface area contributed by atoms with E-state index in [1.165, 1.54) is 11.1 Å². The Morgan fingerprint density at radius 1 is 0.694 bits per heavy atom. The molecule has 0 unspecified atom stereocenters. The molecule has 0 radical (unpaired) electrons. The Kier molecular flexibility index (Phi) is 8.63. The van der Waals surface area contributed by atoms with Crippen LogP contribution in [0, 0.1) is 0 Å². The molecule has 4 rings (SSSR count). The van der Waals surface area contributed by atoms with Gasteiger partial charge in [0, 0.05) is 23.1 Å². The lowest BCUT2D eigenvalue weighted by molar-refractivity contribution is 0.324. The van der Waals surface area contributed by atoms with Crippen LogP contribution in [0.5, 0.6) is 17.2 Å². The number of nitrogens with zero attached hydrogens (tertiary/aromatic N) is 2. The first-order valence-corrected chi connectivity index (χ1v) is 12.4. The van der Waals surface area contributed by atoms with Gasteiger partial charge in [0.25, 0.3) is 0 Å². The van der Waals surface area contributed by atoms with Gasteiger partial charge in [-0.05, 0) is 47.5 Å². The molecule has 36 heavy (non-hydrogen) atoms. The van der Waals surface area contributed by atoms with E-state index in [2.05, 4.69) is 69.4 Å². The minimum Gasteiger partial charge on any atom is -0.493 e. The van der Waals surface area contributed by atoms with Gasteiger partial charge < -0.3 is 19.1 Å². The van der Waals surface area contributed by atoms with Crippen LogP contribution in [-0.2, 0) is 13.1 Å². The summed E-state index contributed by atoms with van der Waals surface area (Å²) in [5.74, 6) is 2.50. The first kappa shape index (κ1) is 25.3. The lowest BCUT2D eigenvalue weighted by atomic mass is 10.1. The molecular weight excluding hydrogens is 516 g/mol. The van der Waals surface area contributed by atoms with Gasteiger partial charge >= 0.3 is 0 Å². The quantitative estimate of drug-likeness (QED) is 0.164. The van der Waals surface area contributed by atoms with E-state index >= 15 is 0 Å². The van der Waals surface area contributed by atoms with E-state index < -0.39 is 0 Å². The van der Waals surface area contributed by atoms with Crippen LogP contribution in [0.3, 0.4) is 0 Å². The second-order valence-electron chi connectivity index (χ2n) is 8.15. The molecule has 0 bridgehead atoms. The van der Waals surface area contributed by atoms with Crippen molar-refractivity contribution in [2.75, 3.05) is 21.3 Å². The Hall–Kier alpha value is -3.77. The van der Waals surface area contributed by atoms with E-state index in [-0.39, 0.29) is 0 Å². The molecule has 6 heteroatoms. The monoisotopic (exact) mass is 544 g/mol. The second-order valence-corrected chi connectivity index (χ2v) is 9.07. The summed E-state index contributed by atoms with van der Waals surface area (Å²) in [5.41, 5.74) is 4.07. The molecule has 0 saturated carbocycles. The Bertz CT molecular complexity index is 1230. The van der Waals surface area contributed by atoms with Gasteiger partial charge in [0.05, 0.1) is 27.0 Å². The summed E-state index contributed by atoms with van der Waals surface area (Å²) in [6, 6.07) is 32.7. The van der Waals surface area contributed by atoms with Crippen LogP contribution in [0.25, 0.3) is 0 Å². The number of aliphatic imine (C=N–C) groups is 1. The van der Waals surface area contributed by atoms with E-state index in [9.17, 15) is 0 Å². The maximum atomic E-state index is 5.67. The third-order valence-electron chi connectivity index (χ3n) is 5.72. The van der Waals surface area contributed by atoms with Gasteiger partial charge in [-0.25, -0.2) is 4.99 Å². The molecule has 0 fully saturated rings. The summed E-state index contributed by atoms with van der Waals surface area (Å²) in [6.45, 7) is 1.34. The zero-order valence-electron chi connectivity index (χ0n) is 20.6. The van der Waals surface area contributed by atoms with Crippen LogP contribution < -0.4 is 14.2 Å². The maximum Gasteiger partial charge on any atom is 0.203 e. The van der Waals surface area contributed by atoms with Crippen LogP contribution >= 0.6 is 15.9 Å². The molecule has 0 heterocycles. The fourth-order valence-corrected chi connectivity index (χ4v) is 4.24. The predicted molar refractivity (Wildman–Crippen MR) is 149 cm³/mol. The molecule has 4 aromatic rings. The van der Waals surface area contributed by atoms with Crippen LogP contribution in [0.4, 0.5) is 5.69 Å². The number of amidine groups is 1. The lowest BCUT2D eigenvalue weighted by Crippen LogP contribution is -2.31. The number of methoxy groups -OCH3 is 3. The molecule has 0 aromatic heterocycles. The van der Waals surface area contributed by atoms with E-state index in [1.54, 1.807) is 21.3 Å². The van der Waals surface area contributed by atoms with Gasteiger partial charge in [-0.1, -0.05) is 76.6 Å². The van der Waals surface area contributed by atoms with Crippen molar-refractivity contribution < 1.29 is 14.2 Å². The summed E-state index contributed by atoms with van der Waals surface area (Å²) < 4.78 is 17.9. The molecule has 0 aliphatic carbocycles. The topological polar surface area (TPSA) is 43.3 Å². The van der Waals surface area contributed by atoms with E-state index in [0.717, 1.165) is 21.6 Å². The smallest absolute Gasteiger partial charge is 0.203 e. The average molecular weight is 545 g/mol. The highest BCUT2D eigenvalue weighted by Gasteiger charge is 2.21. The normalized spacial score (nSPS) is 11.2. The van der Waals surface area contributed by atoms with Crippen molar-refractivity contribution in [1.82, 2.24) is 4.90 Å². The number of hydrogen-bond acceptors (Lipinski definition) is 4. The number of hydrogen-bond donors (Lipinski definition) is 0. The zero-order valence-corrected chi connectivity index (χ0v) is 22.2. The number of ether oxygens (including phenoxy) is 3. The summed E-state index contributed by atoms with van der Waals surface area (Å²) in [7, 11) is 4.85. The highest BCUT2D eigenvalue weighted by molar-refractivity contribution is 9.10. The minimum absolute atomic E-state index is 0.546. The number of rotatable bonds is 9. The Morgan fingerprint density at radius 2 is 1.19 bits per heavy atom. The third kappa shape index (κ3) is 6.26. The first-order chi connectivity index (χ1) is 17.6. The molecule has 0 spiro atoms. The third-order valence-corrected chi connectivity index (χ3v) is 6.25. The highest BCUT2D eigenvalue weighted by atomic mass is 79.9. The van der Waals surface area contributed by atoms with Gasteiger partial charge in [-0.3, -0.25) is 0 Å². The van der Waals surface area contributed by atoms with Crippen molar-refractivity contribution in [1.29, 1.82) is 0 Å². The number of halogens is 1. The molecule has 0 aliphatic rings. The van der Waals surface area contributed by atoms with Crippen molar-refractivity contribution in [3.63, 3.8) is 0 Å². The van der Waals surface area contributed by atoms with Crippen LogP contribution in [0.2, 0.25) is 0 Å². The summed E-state index contributed by atoms with van der Waals surface area (Å²) in [4.78, 5) is 7.41. The van der Waals surface area contributed by atoms with E-state index in [0.29, 0.717) is 30.3 Å². The fraction of sp³-hybridized carbons (Fsp3) is 0.167. The van der Waals surface area contributed by atoms with Crippen LogP contribution in [-0.4, -0.2) is 32.1 Å². The van der Waals surface area contributed by atoms with Crippen molar-refractivity contribution in [2.24, 2.45) is 4.99 Å². The average Bonchev–Trinajstić information content (AvgIpc) is 2.92. The van der Waals surface area contributed by atoms with Crippen molar-refractivity contribution in [3.8, 4) is 17.2 Å². The largest absolute Gasteiger partial charge is 0.493 e. The van der Waals surface area contributed by atoms with Crippen molar-refractivity contribution in [3.05, 3.63) is 118 Å². The fourth-order valence-electron chi connectivity index (χ4n) is 3.98. The van der Waals surface area contributed by atoms with Crippen molar-refractivity contribution in [2.45, 2.75) is 13.1 Å². The maximum absolute atomic E-state index is 5.67. The van der Waals surface area contributed by atoms with Crippen LogP contribution in [0.1, 0.15) is 16.7 Å².